The van der Waals surface area contributed by atoms with Crippen molar-refractivity contribution in [2.75, 3.05) is 0 Å². The minimum Gasteiger partial charge on any atom is -0.267 e. The molecule has 0 N–H and O–H groups in total. The molecule has 1 aliphatic carbocycles. The molecule has 0 atom stereocenters. The Morgan fingerprint density at radius 3 is 2.19 bits per heavy atom. The van der Waals surface area contributed by atoms with Gasteiger partial charge in [-0.25, -0.2) is 4.98 Å². The molecule has 0 aliphatic heterocycles. The molecule has 8 heteroatoms. The average Bonchev–Trinajstić information content (AvgIpc) is 2.60. The van der Waals surface area contributed by atoms with Crippen LogP contribution >= 0.6 is 23.2 Å². The van der Waals surface area contributed by atoms with E-state index in [9.17, 15) is 18.0 Å². The van der Waals surface area contributed by atoms with E-state index < -0.39 is 17.7 Å². The van der Waals surface area contributed by atoms with Gasteiger partial charge in [-0.05, 0) is 56.9 Å². The highest BCUT2D eigenvalue weighted by Gasteiger charge is 2.42. The van der Waals surface area contributed by atoms with Gasteiger partial charge in [-0.2, -0.15) is 13.2 Å². The Hall–Kier alpha value is -1.53. The molecule has 1 aliphatic rings. The monoisotopic (exact) mass is 404 g/mol. The van der Waals surface area contributed by atoms with Gasteiger partial charge in [0.1, 0.15) is 10.8 Å². The molecule has 3 rings (SSSR count). The lowest BCUT2D eigenvalue weighted by molar-refractivity contribution is -0.182. The summed E-state index contributed by atoms with van der Waals surface area (Å²) in [5.41, 5.74) is 0.506. The van der Waals surface area contributed by atoms with Crippen LogP contribution in [0.2, 0.25) is 10.0 Å². The summed E-state index contributed by atoms with van der Waals surface area (Å²) in [4.78, 5) is 17.2. The highest BCUT2D eigenvalue weighted by atomic mass is 35.5. The van der Waals surface area contributed by atoms with E-state index in [1.165, 1.54) is 4.57 Å². The predicted molar refractivity (Wildman–Crippen MR) is 95.3 cm³/mol. The standard InChI is InChI=1S/C18H17Cl2F3N2O/c1-10-15(20)17(26)25(14-8-6-13(19)7-9-14)16(24-10)11-2-4-12(5-3-11)18(21,22)23/h6-9,11-12H,2-5H2,1H3. The fraction of sp³-hybridized carbons (Fsp3) is 0.444. The molecule has 0 bridgehead atoms. The van der Waals surface area contributed by atoms with Gasteiger partial charge in [0.15, 0.2) is 0 Å². The number of benzene rings is 1. The smallest absolute Gasteiger partial charge is 0.267 e. The molecule has 0 saturated heterocycles. The fourth-order valence-electron chi connectivity index (χ4n) is 3.42. The number of halogens is 5. The van der Waals surface area contributed by atoms with E-state index in [1.807, 2.05) is 0 Å². The van der Waals surface area contributed by atoms with Crippen molar-refractivity contribution < 1.29 is 13.2 Å². The van der Waals surface area contributed by atoms with Crippen LogP contribution in [-0.2, 0) is 0 Å². The van der Waals surface area contributed by atoms with Crippen molar-refractivity contribution in [1.29, 1.82) is 0 Å². The summed E-state index contributed by atoms with van der Waals surface area (Å²) < 4.78 is 40.2. The molecule has 1 aromatic carbocycles. The zero-order valence-electron chi connectivity index (χ0n) is 14.0. The van der Waals surface area contributed by atoms with E-state index in [4.69, 9.17) is 23.2 Å². The first-order chi connectivity index (χ1) is 12.2. The van der Waals surface area contributed by atoms with Crippen LogP contribution in [0, 0.1) is 12.8 Å². The van der Waals surface area contributed by atoms with Gasteiger partial charge in [-0.1, -0.05) is 23.2 Å². The first-order valence-corrected chi connectivity index (χ1v) is 9.05. The van der Waals surface area contributed by atoms with Gasteiger partial charge >= 0.3 is 6.18 Å². The Bertz CT molecular complexity index is 854. The normalized spacial score (nSPS) is 21.0. The zero-order valence-corrected chi connectivity index (χ0v) is 15.5. The quantitative estimate of drug-likeness (QED) is 0.644. The highest BCUT2D eigenvalue weighted by molar-refractivity contribution is 6.31. The Kier molecular flexibility index (Phi) is 5.35. The van der Waals surface area contributed by atoms with Crippen molar-refractivity contribution in [3.05, 3.63) is 56.2 Å². The lowest BCUT2D eigenvalue weighted by Crippen LogP contribution is -2.31. The van der Waals surface area contributed by atoms with Crippen molar-refractivity contribution in [3.63, 3.8) is 0 Å². The van der Waals surface area contributed by atoms with E-state index in [-0.39, 0.29) is 23.8 Å². The van der Waals surface area contributed by atoms with E-state index in [2.05, 4.69) is 4.98 Å². The van der Waals surface area contributed by atoms with E-state index in [0.29, 0.717) is 35.1 Å². The predicted octanol–water partition coefficient (Wildman–Crippen LogP) is 5.68. The fourth-order valence-corrected chi connectivity index (χ4v) is 3.67. The maximum Gasteiger partial charge on any atom is 0.391 e. The van der Waals surface area contributed by atoms with E-state index in [1.54, 1.807) is 31.2 Å². The lowest BCUT2D eigenvalue weighted by atomic mass is 9.81. The largest absolute Gasteiger partial charge is 0.391 e. The molecule has 0 amide bonds. The minimum absolute atomic E-state index is 0.00711. The van der Waals surface area contributed by atoms with Crippen molar-refractivity contribution in [1.82, 2.24) is 9.55 Å². The molecule has 1 fully saturated rings. The minimum atomic E-state index is -4.18. The van der Waals surface area contributed by atoms with Gasteiger partial charge in [-0.3, -0.25) is 9.36 Å². The second-order valence-electron chi connectivity index (χ2n) is 6.58. The van der Waals surface area contributed by atoms with Gasteiger partial charge in [0.05, 0.1) is 17.3 Å². The molecule has 2 aromatic rings. The molecule has 0 radical (unpaired) electrons. The van der Waals surface area contributed by atoms with Crippen LogP contribution in [0.15, 0.2) is 29.1 Å². The second kappa shape index (κ2) is 7.24. The van der Waals surface area contributed by atoms with E-state index in [0.717, 1.165) is 0 Å². The highest BCUT2D eigenvalue weighted by Crippen LogP contribution is 2.42. The summed E-state index contributed by atoms with van der Waals surface area (Å²) >= 11 is 12.0. The SMILES string of the molecule is Cc1nc(C2CCC(C(F)(F)F)CC2)n(-c2ccc(Cl)cc2)c(=O)c1Cl. The first-order valence-electron chi connectivity index (χ1n) is 8.30. The number of alkyl halides is 3. The Balaban J connectivity index is 2.02. The van der Waals surface area contributed by atoms with Crippen LogP contribution in [0.25, 0.3) is 5.69 Å². The summed E-state index contributed by atoms with van der Waals surface area (Å²) in [6.45, 7) is 1.63. The molecular formula is C18H17Cl2F3N2O. The molecule has 26 heavy (non-hydrogen) atoms. The topological polar surface area (TPSA) is 34.9 Å². The molecule has 1 saturated carbocycles. The van der Waals surface area contributed by atoms with Crippen LogP contribution in [-0.4, -0.2) is 15.7 Å². The molecule has 1 heterocycles. The maximum absolute atomic E-state index is 12.9. The van der Waals surface area contributed by atoms with Crippen molar-refractivity contribution in [3.8, 4) is 5.69 Å². The van der Waals surface area contributed by atoms with Crippen LogP contribution < -0.4 is 5.56 Å². The molecule has 1 aromatic heterocycles. The number of aromatic nitrogens is 2. The molecule has 0 unspecified atom stereocenters. The van der Waals surface area contributed by atoms with Gasteiger partial charge in [0.2, 0.25) is 0 Å². The lowest BCUT2D eigenvalue weighted by Gasteiger charge is -2.30. The van der Waals surface area contributed by atoms with Gasteiger partial charge in [0.25, 0.3) is 5.56 Å². The zero-order chi connectivity index (χ0) is 19.1. The van der Waals surface area contributed by atoms with Crippen LogP contribution in [0.1, 0.15) is 43.1 Å². The number of rotatable bonds is 2. The Morgan fingerprint density at radius 2 is 1.65 bits per heavy atom. The summed E-state index contributed by atoms with van der Waals surface area (Å²) in [6, 6.07) is 6.62. The maximum atomic E-state index is 12.9. The second-order valence-corrected chi connectivity index (χ2v) is 7.39. The van der Waals surface area contributed by atoms with Crippen molar-refractivity contribution in [2.24, 2.45) is 5.92 Å². The van der Waals surface area contributed by atoms with Crippen LogP contribution in [0.4, 0.5) is 13.2 Å². The van der Waals surface area contributed by atoms with Crippen molar-refractivity contribution >= 4 is 23.2 Å². The van der Waals surface area contributed by atoms with Crippen molar-refractivity contribution in [2.45, 2.75) is 44.7 Å². The molecule has 0 spiro atoms. The summed E-state index contributed by atoms with van der Waals surface area (Å²) in [7, 11) is 0. The molecular weight excluding hydrogens is 388 g/mol. The first kappa shape index (κ1) is 19.2. The number of hydrogen-bond donors (Lipinski definition) is 0. The summed E-state index contributed by atoms with van der Waals surface area (Å²) in [6.07, 6.45) is -3.46. The molecule has 140 valence electrons. The number of aryl methyl sites for hydroxylation is 1. The Labute approximate surface area is 158 Å². The van der Waals surface area contributed by atoms with Crippen LogP contribution in [0.3, 0.4) is 0 Å². The Morgan fingerprint density at radius 1 is 1.08 bits per heavy atom. The average molecular weight is 405 g/mol. The third-order valence-electron chi connectivity index (χ3n) is 4.86. The molecule has 3 nitrogen and oxygen atoms in total. The van der Waals surface area contributed by atoms with Gasteiger partial charge in [0, 0.05) is 10.9 Å². The number of hydrogen-bond acceptors (Lipinski definition) is 2. The summed E-state index contributed by atoms with van der Waals surface area (Å²) in [5.74, 6) is -1.06. The van der Waals surface area contributed by atoms with E-state index >= 15 is 0 Å². The van der Waals surface area contributed by atoms with Crippen LogP contribution in [0.5, 0.6) is 0 Å². The number of nitrogens with zero attached hydrogens (tertiary/aromatic N) is 2. The van der Waals surface area contributed by atoms with Gasteiger partial charge in [-0.15, -0.1) is 0 Å². The summed E-state index contributed by atoms with van der Waals surface area (Å²) in [5, 5.41) is 0.521. The third-order valence-corrected chi connectivity index (χ3v) is 5.55. The third kappa shape index (κ3) is 3.76. The van der Waals surface area contributed by atoms with Gasteiger partial charge < -0.3 is 0 Å².